The molecule has 0 spiro atoms. The highest BCUT2D eigenvalue weighted by molar-refractivity contribution is 8.18. The molecule has 0 aromatic heterocycles. The van der Waals surface area contributed by atoms with E-state index in [2.05, 4.69) is 0 Å². The van der Waals surface area contributed by atoms with Crippen LogP contribution in [0.2, 0.25) is 0 Å². The molecule has 6 nitrogen and oxygen atoms in total. The van der Waals surface area contributed by atoms with Crippen molar-refractivity contribution in [2.45, 2.75) is 20.3 Å². The Morgan fingerprint density at radius 1 is 1.26 bits per heavy atom. The minimum atomic E-state index is -0.262. The monoisotopic (exact) mass is 335 g/mol. The zero-order valence-corrected chi connectivity index (χ0v) is 13.8. The van der Waals surface area contributed by atoms with E-state index < -0.39 is 0 Å². The van der Waals surface area contributed by atoms with Crippen LogP contribution in [0.5, 0.6) is 17.2 Å². The van der Waals surface area contributed by atoms with Gasteiger partial charge in [0.1, 0.15) is 5.75 Å². The lowest BCUT2D eigenvalue weighted by Crippen LogP contribution is -2.28. The standard InChI is InChI=1S/C16H17NO5S/c1-3-5-17-15(18)14(23-16(17)19)7-10-6-12-13(22-9-21-12)8-11(10)20-4-2/h6-8H,3-5,9H2,1-2H3/b14-7+. The minimum absolute atomic E-state index is 0.164. The Morgan fingerprint density at radius 2 is 2.00 bits per heavy atom. The van der Waals surface area contributed by atoms with Crippen LogP contribution in [-0.2, 0) is 4.79 Å². The second-order valence-corrected chi connectivity index (χ2v) is 6.00. The van der Waals surface area contributed by atoms with Crippen LogP contribution < -0.4 is 14.2 Å². The summed E-state index contributed by atoms with van der Waals surface area (Å²) in [4.78, 5) is 25.9. The molecule has 1 fully saturated rings. The molecule has 0 radical (unpaired) electrons. The van der Waals surface area contributed by atoms with Crippen molar-refractivity contribution in [1.82, 2.24) is 4.90 Å². The quantitative estimate of drug-likeness (QED) is 0.770. The molecule has 1 saturated heterocycles. The van der Waals surface area contributed by atoms with Crippen LogP contribution in [0.1, 0.15) is 25.8 Å². The molecule has 0 bridgehead atoms. The van der Waals surface area contributed by atoms with E-state index >= 15 is 0 Å². The highest BCUT2D eigenvalue weighted by Crippen LogP contribution is 2.41. The minimum Gasteiger partial charge on any atom is -0.493 e. The predicted molar refractivity (Wildman–Crippen MR) is 86.7 cm³/mol. The molecular weight excluding hydrogens is 318 g/mol. The summed E-state index contributed by atoms with van der Waals surface area (Å²) < 4.78 is 16.3. The van der Waals surface area contributed by atoms with E-state index in [1.807, 2.05) is 13.8 Å². The lowest BCUT2D eigenvalue weighted by Gasteiger charge is -2.10. The molecule has 0 saturated carbocycles. The molecule has 2 heterocycles. The highest BCUT2D eigenvalue weighted by atomic mass is 32.2. The first-order valence-corrected chi connectivity index (χ1v) is 8.27. The van der Waals surface area contributed by atoms with Gasteiger partial charge in [-0.05, 0) is 37.2 Å². The van der Waals surface area contributed by atoms with Gasteiger partial charge in [0.25, 0.3) is 11.1 Å². The van der Waals surface area contributed by atoms with Crippen molar-refractivity contribution in [3.8, 4) is 17.2 Å². The Balaban J connectivity index is 1.95. The van der Waals surface area contributed by atoms with Crippen LogP contribution in [-0.4, -0.2) is 36.0 Å². The number of carbonyl (C=O) groups excluding carboxylic acids is 2. The molecular formula is C16H17NO5S. The fourth-order valence-corrected chi connectivity index (χ4v) is 3.25. The molecule has 122 valence electrons. The molecule has 0 N–H and O–H groups in total. The van der Waals surface area contributed by atoms with E-state index in [-0.39, 0.29) is 17.9 Å². The molecule has 2 amide bonds. The van der Waals surface area contributed by atoms with Crippen molar-refractivity contribution in [3.05, 3.63) is 22.6 Å². The molecule has 0 unspecified atom stereocenters. The Kier molecular flexibility index (Phi) is 4.47. The Bertz CT molecular complexity index is 685. The maximum atomic E-state index is 12.3. The average Bonchev–Trinajstić information content (AvgIpc) is 3.08. The van der Waals surface area contributed by atoms with Gasteiger partial charge in [0, 0.05) is 18.2 Å². The van der Waals surface area contributed by atoms with Crippen LogP contribution in [0, 0.1) is 0 Å². The molecule has 23 heavy (non-hydrogen) atoms. The summed E-state index contributed by atoms with van der Waals surface area (Å²) in [5.41, 5.74) is 0.693. The maximum absolute atomic E-state index is 12.3. The second kappa shape index (κ2) is 6.54. The Hall–Kier alpha value is -2.15. The summed E-state index contributed by atoms with van der Waals surface area (Å²) in [6.45, 7) is 4.89. The van der Waals surface area contributed by atoms with Crippen molar-refractivity contribution in [1.29, 1.82) is 0 Å². The smallest absolute Gasteiger partial charge is 0.293 e. The van der Waals surface area contributed by atoms with E-state index in [1.54, 1.807) is 18.2 Å². The van der Waals surface area contributed by atoms with Gasteiger partial charge >= 0.3 is 0 Å². The fraction of sp³-hybridized carbons (Fsp3) is 0.375. The van der Waals surface area contributed by atoms with Gasteiger partial charge in [0.2, 0.25) is 6.79 Å². The van der Waals surface area contributed by atoms with E-state index in [0.717, 1.165) is 18.2 Å². The van der Waals surface area contributed by atoms with Crippen LogP contribution in [0.25, 0.3) is 6.08 Å². The first kappa shape index (κ1) is 15.7. The first-order valence-electron chi connectivity index (χ1n) is 7.45. The number of carbonyl (C=O) groups is 2. The van der Waals surface area contributed by atoms with E-state index in [4.69, 9.17) is 14.2 Å². The largest absolute Gasteiger partial charge is 0.493 e. The summed E-state index contributed by atoms with van der Waals surface area (Å²) in [6.07, 6.45) is 2.41. The average molecular weight is 335 g/mol. The van der Waals surface area contributed by atoms with Crippen molar-refractivity contribution in [2.24, 2.45) is 0 Å². The second-order valence-electron chi connectivity index (χ2n) is 5.01. The third kappa shape index (κ3) is 3.01. The molecule has 2 aliphatic rings. The molecule has 0 atom stereocenters. The number of benzene rings is 1. The lowest BCUT2D eigenvalue weighted by molar-refractivity contribution is -0.122. The van der Waals surface area contributed by atoms with E-state index in [9.17, 15) is 9.59 Å². The number of imide groups is 1. The molecule has 1 aromatic carbocycles. The van der Waals surface area contributed by atoms with Gasteiger partial charge in [-0.1, -0.05) is 6.92 Å². The van der Waals surface area contributed by atoms with Gasteiger partial charge in [-0.2, -0.15) is 0 Å². The number of ether oxygens (including phenoxy) is 3. The molecule has 3 rings (SSSR count). The van der Waals surface area contributed by atoms with E-state index in [0.29, 0.717) is 40.9 Å². The Morgan fingerprint density at radius 3 is 2.70 bits per heavy atom. The van der Waals surface area contributed by atoms with Crippen LogP contribution >= 0.6 is 11.8 Å². The number of thioether (sulfide) groups is 1. The normalized spacial score (nSPS) is 18.2. The molecule has 0 aliphatic carbocycles. The number of rotatable bonds is 5. The summed E-state index contributed by atoms with van der Waals surface area (Å²) in [5.74, 6) is 1.55. The van der Waals surface area contributed by atoms with Gasteiger partial charge in [0.15, 0.2) is 11.5 Å². The van der Waals surface area contributed by atoms with Crippen LogP contribution in [0.15, 0.2) is 17.0 Å². The molecule has 7 heteroatoms. The van der Waals surface area contributed by atoms with Crippen molar-refractivity contribution in [3.63, 3.8) is 0 Å². The first-order chi connectivity index (χ1) is 11.1. The SMILES string of the molecule is CCCN1C(=O)S/C(=C/c2cc3c(cc2OCC)OCO3)C1=O. The summed E-state index contributed by atoms with van der Waals surface area (Å²) in [6, 6.07) is 3.51. The number of hydrogen-bond donors (Lipinski definition) is 0. The summed E-state index contributed by atoms with van der Waals surface area (Å²) >= 11 is 0.948. The van der Waals surface area contributed by atoms with Gasteiger partial charge in [-0.25, -0.2) is 0 Å². The molecule has 1 aromatic rings. The van der Waals surface area contributed by atoms with Gasteiger partial charge in [0.05, 0.1) is 11.5 Å². The van der Waals surface area contributed by atoms with Crippen molar-refractivity contribution >= 4 is 29.0 Å². The number of nitrogens with zero attached hydrogens (tertiary/aromatic N) is 1. The molecule has 2 aliphatic heterocycles. The van der Waals surface area contributed by atoms with Gasteiger partial charge < -0.3 is 14.2 Å². The van der Waals surface area contributed by atoms with Crippen molar-refractivity contribution < 1.29 is 23.8 Å². The lowest BCUT2D eigenvalue weighted by atomic mass is 10.1. The fourth-order valence-electron chi connectivity index (χ4n) is 2.39. The third-order valence-electron chi connectivity index (χ3n) is 3.41. The summed E-state index contributed by atoms with van der Waals surface area (Å²) in [5, 5.41) is -0.234. The predicted octanol–water partition coefficient (Wildman–Crippen LogP) is 3.26. The van der Waals surface area contributed by atoms with Gasteiger partial charge in [-0.3, -0.25) is 14.5 Å². The van der Waals surface area contributed by atoms with Crippen LogP contribution in [0.4, 0.5) is 4.79 Å². The Labute approximate surface area is 138 Å². The van der Waals surface area contributed by atoms with E-state index in [1.165, 1.54) is 4.90 Å². The topological polar surface area (TPSA) is 65.1 Å². The number of amides is 2. The highest BCUT2D eigenvalue weighted by Gasteiger charge is 2.34. The zero-order valence-electron chi connectivity index (χ0n) is 13.0. The van der Waals surface area contributed by atoms with Crippen LogP contribution in [0.3, 0.4) is 0 Å². The maximum Gasteiger partial charge on any atom is 0.293 e. The number of fused-ring (bicyclic) bond motifs is 1. The van der Waals surface area contributed by atoms with Crippen molar-refractivity contribution in [2.75, 3.05) is 19.9 Å². The zero-order chi connectivity index (χ0) is 16.4. The summed E-state index contributed by atoms with van der Waals surface area (Å²) in [7, 11) is 0. The van der Waals surface area contributed by atoms with Gasteiger partial charge in [-0.15, -0.1) is 0 Å². The number of hydrogen-bond acceptors (Lipinski definition) is 6. The third-order valence-corrected chi connectivity index (χ3v) is 4.32.